The normalized spacial score (nSPS) is 11.5. The second-order valence-electron chi connectivity index (χ2n) is 9.56. The fraction of sp³-hybridized carbons (Fsp3) is 0.241. The molecule has 0 N–H and O–H groups in total. The molecule has 208 valence electrons. The van der Waals surface area contributed by atoms with Crippen LogP contribution in [0.1, 0.15) is 52.8 Å². The van der Waals surface area contributed by atoms with E-state index in [0.717, 1.165) is 18.1 Å². The van der Waals surface area contributed by atoms with E-state index in [2.05, 4.69) is 0 Å². The van der Waals surface area contributed by atoms with Crippen LogP contribution >= 0.6 is 0 Å². The third-order valence-electron chi connectivity index (χ3n) is 6.16. The van der Waals surface area contributed by atoms with Gasteiger partial charge in [0, 0.05) is 23.1 Å². The minimum Gasteiger partial charge on any atom is -0.462 e. The summed E-state index contributed by atoms with van der Waals surface area (Å²) in [6.45, 7) is 7.43. The molecule has 0 atom stereocenters. The molecule has 4 rings (SSSR count). The van der Waals surface area contributed by atoms with Crippen molar-refractivity contribution in [2.24, 2.45) is 5.92 Å². The van der Waals surface area contributed by atoms with Crippen LogP contribution in [0, 0.1) is 23.0 Å². The molecule has 0 saturated carbocycles. The Morgan fingerprint density at radius 3 is 2.38 bits per heavy atom. The summed E-state index contributed by atoms with van der Waals surface area (Å²) in [5, 5.41) is 11.6. The van der Waals surface area contributed by atoms with E-state index < -0.39 is 26.8 Å². The highest BCUT2D eigenvalue weighted by Crippen LogP contribution is 2.34. The molecule has 0 aliphatic heterocycles. The first-order valence-electron chi connectivity index (χ1n) is 12.6. The van der Waals surface area contributed by atoms with Crippen molar-refractivity contribution in [1.29, 1.82) is 0 Å². The number of aryl methyl sites for hydroxylation is 1. The van der Waals surface area contributed by atoms with Crippen LogP contribution in [-0.2, 0) is 21.2 Å². The van der Waals surface area contributed by atoms with Gasteiger partial charge < -0.3 is 9.15 Å². The number of fused-ring (bicyclic) bond motifs is 1. The van der Waals surface area contributed by atoms with Gasteiger partial charge in [0.1, 0.15) is 16.9 Å². The van der Waals surface area contributed by atoms with Crippen LogP contribution < -0.4 is 4.31 Å². The molecule has 0 aliphatic carbocycles. The Balaban J connectivity index is 1.91. The molecule has 3 aromatic carbocycles. The number of sulfonamides is 1. The predicted molar refractivity (Wildman–Crippen MR) is 149 cm³/mol. The summed E-state index contributed by atoms with van der Waals surface area (Å²) in [5.74, 6) is -1.04. The summed E-state index contributed by atoms with van der Waals surface area (Å²) >= 11 is 0. The number of nitro groups is 1. The number of nitrogens with zero attached hydrogens (tertiary/aromatic N) is 2. The van der Waals surface area contributed by atoms with Gasteiger partial charge in [-0.15, -0.1) is 0 Å². The van der Waals surface area contributed by atoms with Crippen LogP contribution in [0.25, 0.3) is 11.0 Å². The maximum atomic E-state index is 14.0. The van der Waals surface area contributed by atoms with E-state index in [1.54, 1.807) is 26.0 Å². The number of carbonyl (C=O) groups is 2. The Labute approximate surface area is 231 Å². The lowest BCUT2D eigenvalue weighted by atomic mass is 10.0. The molecule has 10 nitrogen and oxygen atoms in total. The Morgan fingerprint density at radius 2 is 1.75 bits per heavy atom. The van der Waals surface area contributed by atoms with Crippen LogP contribution in [-0.4, -0.2) is 31.8 Å². The maximum Gasteiger partial charge on any atom is 0.342 e. The highest BCUT2D eigenvalue weighted by Gasteiger charge is 2.33. The average Bonchev–Trinajstić information content (AvgIpc) is 3.23. The van der Waals surface area contributed by atoms with E-state index in [-0.39, 0.29) is 45.2 Å². The number of amides is 1. The minimum atomic E-state index is -4.52. The molecule has 11 heteroatoms. The highest BCUT2D eigenvalue weighted by atomic mass is 32.2. The first-order valence-corrected chi connectivity index (χ1v) is 14.0. The van der Waals surface area contributed by atoms with Gasteiger partial charge in [-0.2, -0.15) is 4.31 Å². The molecule has 0 fully saturated rings. The highest BCUT2D eigenvalue weighted by molar-refractivity contribution is 7.93. The minimum absolute atomic E-state index is 0.0818. The van der Waals surface area contributed by atoms with Gasteiger partial charge >= 0.3 is 5.97 Å². The van der Waals surface area contributed by atoms with Crippen LogP contribution in [0.15, 0.2) is 76.0 Å². The number of hydrogen-bond donors (Lipinski definition) is 0. The molecular weight excluding hydrogens is 536 g/mol. The molecule has 0 spiro atoms. The molecule has 0 saturated heterocycles. The van der Waals surface area contributed by atoms with E-state index >= 15 is 0 Å². The van der Waals surface area contributed by atoms with Crippen LogP contribution in [0.4, 0.5) is 11.4 Å². The van der Waals surface area contributed by atoms with E-state index in [4.69, 9.17) is 9.15 Å². The van der Waals surface area contributed by atoms with E-state index in [1.165, 1.54) is 48.5 Å². The van der Waals surface area contributed by atoms with Crippen LogP contribution in [0.5, 0.6) is 0 Å². The van der Waals surface area contributed by atoms with E-state index in [0.29, 0.717) is 15.8 Å². The van der Waals surface area contributed by atoms with Gasteiger partial charge in [-0.1, -0.05) is 32.0 Å². The van der Waals surface area contributed by atoms with Crippen molar-refractivity contribution in [2.45, 2.75) is 39.0 Å². The largest absolute Gasteiger partial charge is 0.462 e. The lowest BCUT2D eigenvalue weighted by Gasteiger charge is -2.23. The summed E-state index contributed by atoms with van der Waals surface area (Å²) < 4.78 is 39.4. The zero-order valence-electron chi connectivity index (χ0n) is 22.4. The summed E-state index contributed by atoms with van der Waals surface area (Å²) in [4.78, 5) is 37.0. The van der Waals surface area contributed by atoms with Crippen LogP contribution in [0.3, 0.4) is 0 Å². The second kappa shape index (κ2) is 11.3. The molecule has 0 unspecified atom stereocenters. The first-order chi connectivity index (χ1) is 18.9. The van der Waals surface area contributed by atoms with Crippen molar-refractivity contribution in [3.63, 3.8) is 0 Å². The summed E-state index contributed by atoms with van der Waals surface area (Å²) in [7, 11) is -4.52. The predicted octanol–water partition coefficient (Wildman–Crippen LogP) is 6.06. The Bertz CT molecular complexity index is 1710. The van der Waals surface area contributed by atoms with Crippen molar-refractivity contribution in [1.82, 2.24) is 0 Å². The molecule has 0 radical (unpaired) electrons. The third kappa shape index (κ3) is 5.59. The van der Waals surface area contributed by atoms with Gasteiger partial charge in [0.25, 0.3) is 21.6 Å². The summed E-state index contributed by atoms with van der Waals surface area (Å²) in [6.07, 6.45) is 0.740. The lowest BCUT2D eigenvalue weighted by molar-refractivity contribution is -0.384. The number of ether oxygens (including phenoxy) is 1. The van der Waals surface area contributed by atoms with Gasteiger partial charge in [-0.25, -0.2) is 13.2 Å². The monoisotopic (exact) mass is 564 g/mol. The Hall–Kier alpha value is -4.51. The Morgan fingerprint density at radius 1 is 1.05 bits per heavy atom. The second-order valence-corrected chi connectivity index (χ2v) is 11.3. The smallest absolute Gasteiger partial charge is 0.342 e. The van der Waals surface area contributed by atoms with Crippen LogP contribution in [0.2, 0.25) is 0 Å². The van der Waals surface area contributed by atoms with Crippen molar-refractivity contribution in [2.75, 3.05) is 10.9 Å². The first kappa shape index (κ1) is 28.5. The van der Waals surface area contributed by atoms with Crippen molar-refractivity contribution < 1.29 is 32.1 Å². The quantitative estimate of drug-likeness (QED) is 0.136. The number of benzene rings is 3. The zero-order chi connectivity index (χ0) is 29.2. The third-order valence-corrected chi connectivity index (χ3v) is 7.88. The number of anilines is 1. The van der Waals surface area contributed by atoms with E-state index in [9.17, 15) is 28.1 Å². The SMILES string of the molecule is CCOC(=O)c1c(C)oc2ccc(N(C(=O)c3cccc([N+](=O)[O-])c3)S(=O)(=O)c3ccc(CC(C)C)cc3)cc12. The summed E-state index contributed by atoms with van der Waals surface area (Å²) in [6, 6.07) is 15.2. The number of rotatable bonds is 9. The number of furan rings is 1. The fourth-order valence-electron chi connectivity index (χ4n) is 4.40. The molecule has 1 aromatic heterocycles. The standard InChI is InChI=1S/C29H28N2O8S/c1-5-38-29(33)27-19(4)39-26-14-11-22(17-25(26)27)30(28(32)21-7-6-8-23(16-21)31(34)35)40(36,37)24-12-9-20(10-13-24)15-18(2)3/h6-14,16-18H,5,15H2,1-4H3. The number of nitro benzene ring substituents is 1. The van der Waals surface area contributed by atoms with Gasteiger partial charge in [0.15, 0.2) is 0 Å². The van der Waals surface area contributed by atoms with Gasteiger partial charge in [-0.05, 0) is 68.1 Å². The topological polar surface area (TPSA) is 137 Å². The number of non-ortho nitro benzene ring substituents is 1. The number of hydrogen-bond acceptors (Lipinski definition) is 8. The van der Waals surface area contributed by atoms with Gasteiger partial charge in [0.2, 0.25) is 0 Å². The molecule has 0 bridgehead atoms. The maximum absolute atomic E-state index is 14.0. The van der Waals surface area contributed by atoms with Crippen molar-refractivity contribution in [3.05, 3.63) is 99.3 Å². The van der Waals surface area contributed by atoms with E-state index in [1.807, 2.05) is 13.8 Å². The Kier molecular flexibility index (Phi) is 8.06. The molecule has 0 aliphatic rings. The lowest BCUT2D eigenvalue weighted by Crippen LogP contribution is -2.37. The fourth-order valence-corrected chi connectivity index (χ4v) is 5.81. The molecular formula is C29H28N2O8S. The van der Waals surface area contributed by atoms with Crippen molar-refractivity contribution >= 4 is 44.2 Å². The van der Waals surface area contributed by atoms with Gasteiger partial charge in [0.05, 0.1) is 22.1 Å². The molecule has 1 amide bonds. The zero-order valence-corrected chi connectivity index (χ0v) is 23.2. The molecule has 4 aromatic rings. The van der Waals surface area contributed by atoms with Gasteiger partial charge in [-0.3, -0.25) is 14.9 Å². The molecule has 40 heavy (non-hydrogen) atoms. The number of esters is 1. The average molecular weight is 565 g/mol. The number of carbonyl (C=O) groups excluding carboxylic acids is 2. The van der Waals surface area contributed by atoms with Crippen molar-refractivity contribution in [3.8, 4) is 0 Å². The molecule has 1 heterocycles. The summed E-state index contributed by atoms with van der Waals surface area (Å²) in [5.41, 5.74) is 0.677.